The fourth-order valence-corrected chi connectivity index (χ4v) is 9.07. The van der Waals surface area contributed by atoms with Gasteiger partial charge in [-0.05, 0) is 110 Å². The number of aryl methyl sites for hydroxylation is 1. The van der Waals surface area contributed by atoms with E-state index < -0.39 is 21.9 Å². The number of allylic oxidation sites excluding steroid dienone is 1. The minimum atomic E-state index is -3.44. The van der Waals surface area contributed by atoms with Gasteiger partial charge >= 0.3 is 6.03 Å². The maximum absolute atomic E-state index is 14.3. The van der Waals surface area contributed by atoms with Crippen molar-refractivity contribution in [2.75, 3.05) is 30.9 Å². The van der Waals surface area contributed by atoms with E-state index in [1.165, 1.54) is 11.1 Å². The number of carbonyl (C=O) groups excluding carboxylic acids is 2. The van der Waals surface area contributed by atoms with Crippen LogP contribution in [0.15, 0.2) is 52.9 Å². The third kappa shape index (κ3) is 8.32. The Morgan fingerprint density at radius 2 is 1.96 bits per heavy atom. The van der Waals surface area contributed by atoms with Gasteiger partial charge in [0, 0.05) is 36.8 Å². The average molecular weight is 683 g/mol. The molecule has 2 bridgehead atoms. The third-order valence-corrected chi connectivity index (χ3v) is 12.3. The molecule has 0 spiro atoms. The van der Waals surface area contributed by atoms with Crippen molar-refractivity contribution < 1.29 is 23.3 Å². The lowest BCUT2D eigenvalue weighted by Gasteiger charge is -2.43. The maximum Gasteiger partial charge on any atom is 0.327 e. The number of ether oxygens (including phenoxy) is 2. The molecule has 2 saturated carbocycles. The zero-order chi connectivity index (χ0) is 33.1. The topological polar surface area (TPSA) is 109 Å². The van der Waals surface area contributed by atoms with Crippen LogP contribution in [0.25, 0.3) is 0 Å². The smallest absolute Gasteiger partial charge is 0.327 e. The Morgan fingerprint density at radius 3 is 2.70 bits per heavy atom. The monoisotopic (exact) mass is 682 g/mol. The summed E-state index contributed by atoms with van der Waals surface area (Å²) >= 11 is 6.45. The van der Waals surface area contributed by atoms with Gasteiger partial charge in [0.05, 0.1) is 24.2 Å². The van der Waals surface area contributed by atoms with E-state index in [0.717, 1.165) is 55.8 Å². The summed E-state index contributed by atoms with van der Waals surface area (Å²) in [7, 11) is -1.68. The number of methoxy groups -OCH3 is 1. The van der Waals surface area contributed by atoms with E-state index in [-0.39, 0.29) is 23.8 Å². The highest BCUT2D eigenvalue weighted by atomic mass is 35.5. The molecule has 6 rings (SSSR count). The molecule has 2 aliphatic heterocycles. The Labute approximate surface area is 284 Å². The lowest BCUT2D eigenvalue weighted by atomic mass is 9.70. The van der Waals surface area contributed by atoms with Crippen molar-refractivity contribution in [2.45, 2.75) is 77.5 Å². The molecule has 9 nitrogen and oxygen atoms in total. The first kappa shape index (κ1) is 33.8. The molecule has 2 N–H and O–H groups in total. The van der Waals surface area contributed by atoms with Gasteiger partial charge in [-0.15, -0.1) is 4.36 Å². The van der Waals surface area contributed by atoms with E-state index >= 15 is 0 Å². The first-order valence-electron chi connectivity index (χ1n) is 17.0. The SMILES string of the molecule is CO[C@H]1/C=C/C[C@H](C)CS(=O)(NC(=O)N[C@H]2C[C@H]2C)=NC(=O)c2ccc3c(c2)N(Cc2ccc(Cl)cc2CCCCO3)C[C@@H]2CC[C@H]21. The highest BCUT2D eigenvalue weighted by molar-refractivity contribution is 7.92. The number of anilines is 1. The van der Waals surface area contributed by atoms with Gasteiger partial charge in [-0.1, -0.05) is 43.7 Å². The first-order chi connectivity index (χ1) is 22.6. The predicted molar refractivity (Wildman–Crippen MR) is 186 cm³/mol. The van der Waals surface area contributed by atoms with Crippen LogP contribution in [0.1, 0.15) is 73.9 Å². The number of hydrogen-bond acceptors (Lipinski definition) is 6. The summed E-state index contributed by atoms with van der Waals surface area (Å²) in [6, 6.07) is 10.9. The predicted octanol–water partition coefficient (Wildman–Crippen LogP) is 6.93. The number of fused-ring (bicyclic) bond motifs is 3. The molecular formula is C36H47ClN4O5S. The highest BCUT2D eigenvalue weighted by Crippen LogP contribution is 2.42. The Bertz CT molecular complexity index is 1640. The number of rotatable bonds is 3. The lowest BCUT2D eigenvalue weighted by Crippen LogP contribution is -2.43. The summed E-state index contributed by atoms with van der Waals surface area (Å²) in [5, 5.41) is 3.59. The number of nitrogens with one attached hydrogen (secondary N) is 2. The summed E-state index contributed by atoms with van der Waals surface area (Å²) < 4.78 is 33.5. The molecular weight excluding hydrogens is 636 g/mol. The van der Waals surface area contributed by atoms with Gasteiger partial charge in [0.1, 0.15) is 15.7 Å². The van der Waals surface area contributed by atoms with E-state index in [1.54, 1.807) is 13.2 Å². The van der Waals surface area contributed by atoms with Gasteiger partial charge in [-0.2, -0.15) is 0 Å². The van der Waals surface area contributed by atoms with Crippen molar-refractivity contribution in [3.8, 4) is 5.75 Å². The molecule has 11 heteroatoms. The molecule has 2 aromatic rings. The summed E-state index contributed by atoms with van der Waals surface area (Å²) in [5.41, 5.74) is 3.50. The summed E-state index contributed by atoms with van der Waals surface area (Å²) in [6.07, 6.45) is 10.5. The summed E-state index contributed by atoms with van der Waals surface area (Å²) in [6.45, 7) is 5.92. The zero-order valence-corrected chi connectivity index (χ0v) is 29.2. The van der Waals surface area contributed by atoms with Gasteiger partial charge in [0.15, 0.2) is 0 Å². The third-order valence-electron chi connectivity index (χ3n) is 10.1. The normalized spacial score (nSPS) is 31.7. The van der Waals surface area contributed by atoms with Crippen LogP contribution in [-0.4, -0.2) is 54.3 Å². The largest absolute Gasteiger partial charge is 0.491 e. The Balaban J connectivity index is 1.43. The molecule has 254 valence electrons. The maximum atomic E-state index is 14.3. The van der Waals surface area contributed by atoms with Crippen LogP contribution in [0.3, 0.4) is 0 Å². The van der Waals surface area contributed by atoms with Gasteiger partial charge in [0.2, 0.25) is 0 Å². The number of urea groups is 1. The number of halogens is 1. The molecule has 2 aliphatic carbocycles. The molecule has 3 amide bonds. The number of amides is 3. The molecule has 0 aromatic heterocycles. The van der Waals surface area contributed by atoms with Gasteiger partial charge in [-0.3, -0.25) is 9.52 Å². The molecule has 0 saturated heterocycles. The van der Waals surface area contributed by atoms with Gasteiger partial charge in [0.25, 0.3) is 5.91 Å². The molecule has 47 heavy (non-hydrogen) atoms. The first-order valence-corrected chi connectivity index (χ1v) is 19.0. The molecule has 1 unspecified atom stereocenters. The van der Waals surface area contributed by atoms with Crippen LogP contribution in [0.4, 0.5) is 10.5 Å². The second-order valence-corrected chi connectivity index (χ2v) is 16.3. The van der Waals surface area contributed by atoms with Gasteiger partial charge in [-0.25, -0.2) is 9.00 Å². The Hall–Kier alpha value is -3.08. The summed E-state index contributed by atoms with van der Waals surface area (Å²) in [4.78, 5) is 29.0. The van der Waals surface area contributed by atoms with Crippen molar-refractivity contribution in [3.63, 3.8) is 0 Å². The quantitative estimate of drug-likeness (QED) is 0.340. The van der Waals surface area contributed by atoms with E-state index in [4.69, 9.17) is 21.1 Å². The van der Waals surface area contributed by atoms with Crippen LogP contribution in [0.2, 0.25) is 5.02 Å². The van der Waals surface area contributed by atoms with E-state index in [2.05, 4.69) is 43.6 Å². The van der Waals surface area contributed by atoms with Crippen molar-refractivity contribution in [1.29, 1.82) is 0 Å². The molecule has 2 fully saturated rings. The van der Waals surface area contributed by atoms with Crippen LogP contribution in [0.5, 0.6) is 5.75 Å². The Morgan fingerprint density at radius 1 is 1.13 bits per heavy atom. The fourth-order valence-electron chi connectivity index (χ4n) is 7.04. The summed E-state index contributed by atoms with van der Waals surface area (Å²) in [5.74, 6) is 1.09. The fraction of sp³-hybridized carbons (Fsp3) is 0.556. The number of benzene rings is 2. The highest BCUT2D eigenvalue weighted by Gasteiger charge is 2.38. The second kappa shape index (κ2) is 14.6. The van der Waals surface area contributed by atoms with Crippen LogP contribution in [-0.2, 0) is 27.6 Å². The molecule has 4 aliphatic rings. The second-order valence-electron chi connectivity index (χ2n) is 13.9. The van der Waals surface area contributed by atoms with Gasteiger partial charge < -0.3 is 19.7 Å². The number of hydrogen-bond donors (Lipinski definition) is 2. The van der Waals surface area contributed by atoms with Crippen LogP contribution >= 0.6 is 11.6 Å². The van der Waals surface area contributed by atoms with Crippen molar-refractivity contribution in [3.05, 3.63) is 70.3 Å². The van der Waals surface area contributed by atoms with E-state index in [0.29, 0.717) is 48.6 Å². The molecule has 2 aromatic carbocycles. The molecule has 7 atom stereocenters. The van der Waals surface area contributed by atoms with E-state index in [1.807, 2.05) is 32.0 Å². The minimum absolute atomic E-state index is 0.0415. The molecule has 2 heterocycles. The van der Waals surface area contributed by atoms with Crippen LogP contribution < -0.4 is 19.7 Å². The lowest BCUT2D eigenvalue weighted by molar-refractivity contribution is 0.0133. The van der Waals surface area contributed by atoms with Crippen LogP contribution in [0, 0.1) is 23.7 Å². The zero-order valence-electron chi connectivity index (χ0n) is 27.6. The number of carbonyl (C=O) groups is 2. The standard InChI is InChI=1S/C36H47ClN4O5S/c1-23-7-6-9-33(45-3)30-14-11-28(30)21-41-20-27-10-13-29(37)18-25(27)8-4-5-16-46-34-15-12-26(19-32(34)41)35(42)39-47(44,22-23)40-36(43)38-31-17-24(31)2/h6,9-10,12-13,15,18-19,23-24,28,30-31,33H,4-5,7-8,11,14,16-17,20-22H2,1-3H3,(H2,38,39,40,42,43,44)/b9-6+/t23-,24+,28-,30+,31-,33-,47?/m0/s1. The average Bonchev–Trinajstić information content (AvgIpc) is 3.71. The number of nitrogens with zero attached hydrogens (tertiary/aromatic N) is 2. The Kier molecular flexibility index (Phi) is 10.5. The van der Waals surface area contributed by atoms with Crippen molar-refractivity contribution in [1.82, 2.24) is 10.0 Å². The van der Waals surface area contributed by atoms with Crippen molar-refractivity contribution in [2.24, 2.45) is 28.0 Å². The minimum Gasteiger partial charge on any atom is -0.491 e. The molecule has 0 radical (unpaired) electrons. The van der Waals surface area contributed by atoms with Crippen molar-refractivity contribution >= 4 is 39.1 Å². The van der Waals surface area contributed by atoms with E-state index in [9.17, 15) is 13.8 Å².